The van der Waals surface area contributed by atoms with E-state index >= 15 is 0 Å². The summed E-state index contributed by atoms with van der Waals surface area (Å²) in [5.74, 6) is 0.481. The van der Waals surface area contributed by atoms with E-state index in [-0.39, 0.29) is 29.6 Å². The van der Waals surface area contributed by atoms with Crippen LogP contribution in [-0.2, 0) is 14.4 Å². The largest absolute Gasteiger partial charge is 0.354 e. The van der Waals surface area contributed by atoms with Gasteiger partial charge in [0.25, 0.3) is 0 Å². The van der Waals surface area contributed by atoms with Gasteiger partial charge >= 0.3 is 0 Å². The van der Waals surface area contributed by atoms with Crippen LogP contribution in [0.3, 0.4) is 0 Å². The zero-order chi connectivity index (χ0) is 17.7. The fraction of sp³-hybridized carbons (Fsp3) is 0.833. The van der Waals surface area contributed by atoms with Gasteiger partial charge in [0.2, 0.25) is 17.7 Å². The van der Waals surface area contributed by atoms with Gasteiger partial charge < -0.3 is 5.32 Å². The molecule has 1 saturated carbocycles. The predicted molar refractivity (Wildman–Crippen MR) is 96.6 cm³/mol. The van der Waals surface area contributed by atoms with E-state index in [2.05, 4.69) is 19.2 Å². The highest BCUT2D eigenvalue weighted by molar-refractivity contribution is 7.98. The molecule has 1 aliphatic heterocycles. The maximum atomic E-state index is 12.8. The van der Waals surface area contributed by atoms with Crippen LogP contribution in [-0.4, -0.2) is 47.2 Å². The minimum Gasteiger partial charge on any atom is -0.354 e. The molecule has 1 aliphatic carbocycles. The third-order valence-electron chi connectivity index (χ3n) is 5.11. The molecule has 3 atom stereocenters. The first kappa shape index (κ1) is 19.3. The second-order valence-corrected chi connectivity index (χ2v) is 8.30. The van der Waals surface area contributed by atoms with Crippen LogP contribution < -0.4 is 5.32 Å². The molecule has 6 heteroatoms. The standard InChI is InChI=1S/C18H30N2O3S/c1-12(2)8-10-19-16(21)15(9-11-24-3)20-17(22)13-6-4-5-7-14(13)18(20)23/h12-15H,4-11H2,1-3H3,(H,19,21). The summed E-state index contributed by atoms with van der Waals surface area (Å²) in [6.45, 7) is 4.81. The Labute approximate surface area is 149 Å². The lowest BCUT2D eigenvalue weighted by Crippen LogP contribution is -2.50. The van der Waals surface area contributed by atoms with Gasteiger partial charge in [0.05, 0.1) is 11.8 Å². The lowest BCUT2D eigenvalue weighted by molar-refractivity contribution is -0.148. The summed E-state index contributed by atoms with van der Waals surface area (Å²) in [6, 6.07) is -0.643. The zero-order valence-electron chi connectivity index (χ0n) is 15.0. The van der Waals surface area contributed by atoms with Crippen molar-refractivity contribution in [3.8, 4) is 0 Å². The maximum Gasteiger partial charge on any atom is 0.243 e. The first-order valence-electron chi connectivity index (χ1n) is 9.11. The number of imide groups is 1. The van der Waals surface area contributed by atoms with Crippen molar-refractivity contribution < 1.29 is 14.4 Å². The Balaban J connectivity index is 2.09. The van der Waals surface area contributed by atoms with E-state index in [0.29, 0.717) is 18.9 Å². The highest BCUT2D eigenvalue weighted by atomic mass is 32.2. The molecule has 1 heterocycles. The average molecular weight is 355 g/mol. The second kappa shape index (κ2) is 8.88. The minimum atomic E-state index is -0.643. The second-order valence-electron chi connectivity index (χ2n) is 7.31. The van der Waals surface area contributed by atoms with Gasteiger partial charge in [-0.2, -0.15) is 11.8 Å². The summed E-state index contributed by atoms with van der Waals surface area (Å²) < 4.78 is 0. The zero-order valence-corrected chi connectivity index (χ0v) is 15.9. The normalized spacial score (nSPS) is 25.1. The van der Waals surface area contributed by atoms with Crippen molar-refractivity contribution >= 4 is 29.5 Å². The van der Waals surface area contributed by atoms with Gasteiger partial charge in [-0.3, -0.25) is 19.3 Å². The molecule has 0 spiro atoms. The van der Waals surface area contributed by atoms with E-state index in [1.807, 2.05) is 6.26 Å². The Morgan fingerprint density at radius 2 is 1.75 bits per heavy atom. The van der Waals surface area contributed by atoms with Crippen LogP contribution in [0.25, 0.3) is 0 Å². The molecular formula is C18H30N2O3S. The van der Waals surface area contributed by atoms with Crippen LogP contribution >= 0.6 is 11.8 Å². The molecule has 0 aromatic rings. The summed E-state index contributed by atoms with van der Waals surface area (Å²) in [5, 5.41) is 2.93. The van der Waals surface area contributed by atoms with Gasteiger partial charge in [0.15, 0.2) is 0 Å². The van der Waals surface area contributed by atoms with Crippen LogP contribution in [0.5, 0.6) is 0 Å². The summed E-state index contributed by atoms with van der Waals surface area (Å²) >= 11 is 1.63. The van der Waals surface area contributed by atoms with E-state index in [4.69, 9.17) is 0 Å². The van der Waals surface area contributed by atoms with E-state index < -0.39 is 6.04 Å². The molecule has 136 valence electrons. The Kier molecular flexibility index (Phi) is 7.14. The number of thioether (sulfide) groups is 1. The smallest absolute Gasteiger partial charge is 0.243 e. The molecule has 5 nitrogen and oxygen atoms in total. The fourth-order valence-electron chi connectivity index (χ4n) is 3.70. The highest BCUT2D eigenvalue weighted by Gasteiger charge is 2.51. The lowest BCUT2D eigenvalue weighted by atomic mass is 9.81. The first-order chi connectivity index (χ1) is 11.5. The van der Waals surface area contributed by atoms with Gasteiger partial charge in [0, 0.05) is 6.54 Å². The molecule has 3 unspecified atom stereocenters. The summed E-state index contributed by atoms with van der Waals surface area (Å²) in [6.07, 6.45) is 6.99. The molecule has 1 N–H and O–H groups in total. The molecule has 2 fully saturated rings. The van der Waals surface area contributed by atoms with Crippen LogP contribution in [0.15, 0.2) is 0 Å². The van der Waals surface area contributed by atoms with Gasteiger partial charge in [-0.1, -0.05) is 26.7 Å². The van der Waals surface area contributed by atoms with E-state index in [1.54, 1.807) is 11.8 Å². The molecule has 24 heavy (non-hydrogen) atoms. The number of hydrogen-bond donors (Lipinski definition) is 1. The number of likely N-dealkylation sites (tertiary alicyclic amines) is 1. The number of carbonyl (C=O) groups is 3. The fourth-order valence-corrected chi connectivity index (χ4v) is 4.16. The highest BCUT2D eigenvalue weighted by Crippen LogP contribution is 2.39. The molecule has 0 radical (unpaired) electrons. The predicted octanol–water partition coefficient (Wildman–Crippen LogP) is 2.45. The quantitative estimate of drug-likeness (QED) is 0.680. The maximum absolute atomic E-state index is 12.8. The van der Waals surface area contributed by atoms with Crippen LogP contribution in [0.4, 0.5) is 0 Å². The van der Waals surface area contributed by atoms with Gasteiger partial charge in [-0.25, -0.2) is 0 Å². The van der Waals surface area contributed by atoms with Gasteiger partial charge in [-0.05, 0) is 43.6 Å². The SMILES string of the molecule is CSCCC(C(=O)NCCC(C)C)N1C(=O)C2CCCCC2C1=O. The molecule has 3 amide bonds. The minimum absolute atomic E-state index is 0.116. The Hall–Kier alpha value is -1.04. The summed E-state index contributed by atoms with van der Waals surface area (Å²) in [5.41, 5.74) is 0. The monoisotopic (exact) mass is 354 g/mol. The Morgan fingerprint density at radius 1 is 1.17 bits per heavy atom. The van der Waals surface area contributed by atoms with Gasteiger partial charge in [-0.15, -0.1) is 0 Å². The summed E-state index contributed by atoms with van der Waals surface area (Å²) in [4.78, 5) is 39.5. The first-order valence-corrected chi connectivity index (χ1v) is 10.5. The van der Waals surface area contributed by atoms with Crippen LogP contribution in [0.2, 0.25) is 0 Å². The van der Waals surface area contributed by atoms with Crippen molar-refractivity contribution in [2.45, 2.75) is 58.4 Å². The molecule has 0 aromatic carbocycles. The number of hydrogen-bond acceptors (Lipinski definition) is 4. The number of amides is 3. The lowest BCUT2D eigenvalue weighted by Gasteiger charge is -2.26. The van der Waals surface area contributed by atoms with E-state index in [0.717, 1.165) is 37.9 Å². The molecule has 1 saturated heterocycles. The van der Waals surface area contributed by atoms with Crippen LogP contribution in [0.1, 0.15) is 52.4 Å². The molecule has 2 rings (SSSR count). The van der Waals surface area contributed by atoms with E-state index in [9.17, 15) is 14.4 Å². The molecule has 0 aromatic heterocycles. The van der Waals surface area contributed by atoms with Crippen molar-refractivity contribution in [3.05, 3.63) is 0 Å². The van der Waals surface area contributed by atoms with Crippen molar-refractivity contribution in [2.75, 3.05) is 18.6 Å². The van der Waals surface area contributed by atoms with Crippen LogP contribution in [0, 0.1) is 17.8 Å². The summed E-state index contributed by atoms with van der Waals surface area (Å²) in [7, 11) is 0. The van der Waals surface area contributed by atoms with Gasteiger partial charge in [0.1, 0.15) is 6.04 Å². The number of carbonyl (C=O) groups excluding carboxylic acids is 3. The Bertz CT molecular complexity index is 457. The molecule has 2 aliphatic rings. The molecule has 0 bridgehead atoms. The van der Waals surface area contributed by atoms with Crippen molar-refractivity contribution in [3.63, 3.8) is 0 Å². The number of nitrogens with one attached hydrogen (secondary N) is 1. The number of fused-ring (bicyclic) bond motifs is 1. The Morgan fingerprint density at radius 3 is 2.25 bits per heavy atom. The van der Waals surface area contributed by atoms with E-state index in [1.165, 1.54) is 4.90 Å². The average Bonchev–Trinajstić information content (AvgIpc) is 2.80. The van der Waals surface area contributed by atoms with Crippen molar-refractivity contribution in [1.29, 1.82) is 0 Å². The van der Waals surface area contributed by atoms with Crippen molar-refractivity contribution in [2.24, 2.45) is 17.8 Å². The number of nitrogens with zero attached hydrogens (tertiary/aromatic N) is 1. The molecular weight excluding hydrogens is 324 g/mol. The number of rotatable bonds is 8. The third-order valence-corrected chi connectivity index (χ3v) is 5.75. The van der Waals surface area contributed by atoms with Crippen molar-refractivity contribution in [1.82, 2.24) is 10.2 Å². The topological polar surface area (TPSA) is 66.5 Å². The third kappa shape index (κ3) is 4.32.